The number of carbonyl (C=O) groups is 1. The molecule has 0 unspecified atom stereocenters. The zero-order valence-corrected chi connectivity index (χ0v) is 14.0. The highest BCUT2D eigenvalue weighted by molar-refractivity contribution is 8.14. The smallest absolute Gasteiger partial charge is 0.263 e. The van der Waals surface area contributed by atoms with Crippen molar-refractivity contribution in [2.24, 2.45) is 0 Å². The second kappa shape index (κ2) is 7.07. The monoisotopic (exact) mass is 327 g/mol. The fraction of sp³-hybridized carbons (Fsp3) is 0.167. The van der Waals surface area contributed by atoms with E-state index in [9.17, 15) is 4.79 Å². The maximum Gasteiger partial charge on any atom is 0.263 e. The summed E-state index contributed by atoms with van der Waals surface area (Å²) in [6.45, 7) is 2.04. The highest BCUT2D eigenvalue weighted by Gasteiger charge is 2.21. The number of carbonyl (C=O) groups excluding carboxylic acids is 1. The summed E-state index contributed by atoms with van der Waals surface area (Å²) in [6.07, 6.45) is 0. The van der Waals surface area contributed by atoms with Gasteiger partial charge in [0, 0.05) is 22.1 Å². The van der Waals surface area contributed by atoms with Gasteiger partial charge in [0.1, 0.15) is 0 Å². The molecule has 2 aromatic carbocycles. The largest absolute Gasteiger partial charge is 0.322 e. The van der Waals surface area contributed by atoms with Crippen molar-refractivity contribution >= 4 is 40.0 Å². The van der Waals surface area contributed by atoms with Crippen molar-refractivity contribution in [2.45, 2.75) is 6.92 Å². The van der Waals surface area contributed by atoms with Gasteiger partial charge in [-0.15, -0.1) is 23.5 Å². The number of anilines is 1. The van der Waals surface area contributed by atoms with E-state index in [1.54, 1.807) is 23.5 Å². The van der Waals surface area contributed by atoms with E-state index in [1.807, 2.05) is 49.4 Å². The molecule has 0 atom stereocenters. The van der Waals surface area contributed by atoms with Gasteiger partial charge >= 0.3 is 0 Å². The summed E-state index contributed by atoms with van der Waals surface area (Å²) in [4.78, 5) is 14.5. The maximum atomic E-state index is 12.6. The third kappa shape index (κ3) is 3.57. The van der Waals surface area contributed by atoms with Crippen molar-refractivity contribution in [3.8, 4) is 0 Å². The molecule has 0 aromatic heterocycles. The number of hydrogen-bond donors (Lipinski definition) is 1. The van der Waals surface area contributed by atoms with Crippen molar-refractivity contribution in [3.63, 3.8) is 0 Å². The topological polar surface area (TPSA) is 29.1 Å². The van der Waals surface area contributed by atoms with Gasteiger partial charge in [0.2, 0.25) is 0 Å². The van der Waals surface area contributed by atoms with E-state index in [0.29, 0.717) is 0 Å². The van der Waals surface area contributed by atoms with Gasteiger partial charge in [-0.05, 0) is 24.6 Å². The second-order valence-corrected chi connectivity index (χ2v) is 7.25. The first-order valence-electron chi connectivity index (χ1n) is 7.17. The number of hydrogen-bond acceptors (Lipinski definition) is 3. The van der Waals surface area contributed by atoms with E-state index < -0.39 is 0 Å². The molecule has 1 heterocycles. The van der Waals surface area contributed by atoms with Crippen molar-refractivity contribution in [1.82, 2.24) is 0 Å². The van der Waals surface area contributed by atoms with Crippen LogP contribution in [0.25, 0.3) is 4.91 Å². The van der Waals surface area contributed by atoms with Crippen LogP contribution >= 0.6 is 23.5 Å². The number of aryl methyl sites for hydroxylation is 1. The van der Waals surface area contributed by atoms with Crippen LogP contribution < -0.4 is 5.32 Å². The fourth-order valence-electron chi connectivity index (χ4n) is 2.22. The molecule has 0 saturated carbocycles. The summed E-state index contributed by atoms with van der Waals surface area (Å²) in [6, 6.07) is 18.0. The first kappa shape index (κ1) is 15.3. The molecule has 0 aliphatic carbocycles. The van der Waals surface area contributed by atoms with Crippen molar-refractivity contribution < 1.29 is 4.79 Å². The minimum absolute atomic E-state index is 0.0140. The van der Waals surface area contributed by atoms with Gasteiger partial charge < -0.3 is 5.32 Å². The molecule has 0 saturated heterocycles. The fourth-order valence-corrected chi connectivity index (χ4v) is 4.60. The summed E-state index contributed by atoms with van der Waals surface area (Å²) < 4.78 is 0. The number of benzene rings is 2. The molecule has 1 amide bonds. The number of nitrogens with one attached hydrogen (secondary N) is 1. The summed E-state index contributed by atoms with van der Waals surface area (Å²) in [5.41, 5.74) is 3.14. The molecular formula is C18H17NOS2. The summed E-state index contributed by atoms with van der Waals surface area (Å²) >= 11 is 3.41. The van der Waals surface area contributed by atoms with E-state index in [4.69, 9.17) is 0 Å². The molecule has 22 heavy (non-hydrogen) atoms. The van der Waals surface area contributed by atoms with Crippen molar-refractivity contribution in [1.29, 1.82) is 0 Å². The summed E-state index contributed by atoms with van der Waals surface area (Å²) in [7, 11) is 0. The minimum atomic E-state index is -0.0140. The number of rotatable bonds is 3. The van der Waals surface area contributed by atoms with Crippen LogP contribution in [0.4, 0.5) is 5.69 Å². The van der Waals surface area contributed by atoms with Crippen molar-refractivity contribution in [3.05, 3.63) is 70.6 Å². The van der Waals surface area contributed by atoms with E-state index in [0.717, 1.165) is 32.6 Å². The highest BCUT2D eigenvalue weighted by atomic mass is 32.2. The Kier molecular flexibility index (Phi) is 4.90. The Hall–Kier alpha value is -1.65. The van der Waals surface area contributed by atoms with Gasteiger partial charge in [0.15, 0.2) is 0 Å². The summed E-state index contributed by atoms with van der Waals surface area (Å²) in [5, 5.41) is 3.01. The van der Waals surface area contributed by atoms with E-state index in [1.165, 1.54) is 5.56 Å². The predicted molar refractivity (Wildman–Crippen MR) is 98.1 cm³/mol. The zero-order chi connectivity index (χ0) is 15.4. The molecule has 0 fully saturated rings. The third-order valence-electron chi connectivity index (χ3n) is 3.33. The first-order valence-corrected chi connectivity index (χ1v) is 9.14. The highest BCUT2D eigenvalue weighted by Crippen LogP contribution is 2.40. The second-order valence-electron chi connectivity index (χ2n) is 5.04. The van der Waals surface area contributed by atoms with Gasteiger partial charge in [-0.2, -0.15) is 0 Å². The van der Waals surface area contributed by atoms with Gasteiger partial charge in [0.25, 0.3) is 5.91 Å². The predicted octanol–water partition coefficient (Wildman–Crippen LogP) is 4.78. The first-order chi connectivity index (χ1) is 10.7. The van der Waals surface area contributed by atoms with Crippen LogP contribution in [0.5, 0.6) is 0 Å². The van der Waals surface area contributed by atoms with Gasteiger partial charge in [-0.25, -0.2) is 0 Å². The Bertz CT molecular complexity index is 693. The lowest BCUT2D eigenvalue weighted by Gasteiger charge is -2.19. The lowest BCUT2D eigenvalue weighted by Crippen LogP contribution is -2.16. The third-order valence-corrected chi connectivity index (χ3v) is 5.94. The maximum absolute atomic E-state index is 12.6. The minimum Gasteiger partial charge on any atom is -0.322 e. The normalized spacial score (nSPS) is 14.8. The van der Waals surface area contributed by atoms with Gasteiger partial charge in [0.05, 0.1) is 4.91 Å². The Morgan fingerprint density at radius 2 is 1.64 bits per heavy atom. The molecule has 2 aromatic rings. The van der Waals surface area contributed by atoms with Crippen molar-refractivity contribution in [2.75, 3.05) is 16.8 Å². The molecule has 0 bridgehead atoms. The number of thioether (sulfide) groups is 2. The molecular weight excluding hydrogens is 310 g/mol. The average Bonchev–Trinajstić information content (AvgIpc) is 2.58. The quantitative estimate of drug-likeness (QED) is 0.879. The zero-order valence-electron chi connectivity index (χ0n) is 12.3. The molecule has 1 aliphatic rings. The van der Waals surface area contributed by atoms with Crippen LogP contribution in [-0.2, 0) is 4.79 Å². The van der Waals surface area contributed by atoms with E-state index in [-0.39, 0.29) is 5.91 Å². The Labute approximate surface area is 139 Å². The van der Waals surface area contributed by atoms with Gasteiger partial charge in [-0.1, -0.05) is 48.0 Å². The molecule has 4 heteroatoms. The Morgan fingerprint density at radius 3 is 2.36 bits per heavy atom. The standard InChI is InChI=1S/C18H17NOS2/c1-13-7-9-15(10-8-13)19-18(20)17-16(21-11-12-22-17)14-5-3-2-4-6-14/h2-10H,11-12H2,1H3,(H,19,20). The lowest BCUT2D eigenvalue weighted by molar-refractivity contribution is -0.112. The molecule has 112 valence electrons. The van der Waals surface area contributed by atoms with Crippen LogP contribution in [-0.4, -0.2) is 17.4 Å². The Morgan fingerprint density at radius 1 is 0.955 bits per heavy atom. The molecule has 0 radical (unpaired) electrons. The summed E-state index contributed by atoms with van der Waals surface area (Å²) in [5.74, 6) is 1.99. The molecule has 3 rings (SSSR count). The van der Waals surface area contributed by atoms with Crippen LogP contribution in [0.3, 0.4) is 0 Å². The van der Waals surface area contributed by atoms with Crippen LogP contribution in [0, 0.1) is 6.92 Å². The van der Waals surface area contributed by atoms with E-state index >= 15 is 0 Å². The van der Waals surface area contributed by atoms with E-state index in [2.05, 4.69) is 17.4 Å². The SMILES string of the molecule is Cc1ccc(NC(=O)C2=C(c3ccccc3)SCCS2)cc1. The molecule has 1 N–H and O–H groups in total. The van der Waals surface area contributed by atoms with Crippen LogP contribution in [0.15, 0.2) is 59.5 Å². The Balaban J connectivity index is 1.87. The number of amides is 1. The molecule has 0 spiro atoms. The molecule has 1 aliphatic heterocycles. The van der Waals surface area contributed by atoms with Crippen LogP contribution in [0.2, 0.25) is 0 Å². The average molecular weight is 327 g/mol. The van der Waals surface area contributed by atoms with Crippen LogP contribution in [0.1, 0.15) is 11.1 Å². The van der Waals surface area contributed by atoms with Gasteiger partial charge in [-0.3, -0.25) is 4.79 Å². The lowest BCUT2D eigenvalue weighted by atomic mass is 10.2. The molecule has 2 nitrogen and oxygen atoms in total.